The number of aryl methyl sites for hydroxylation is 1. The van der Waals surface area contributed by atoms with Crippen LogP contribution in [0.1, 0.15) is 28.5 Å². The predicted molar refractivity (Wildman–Crippen MR) is 98.4 cm³/mol. The van der Waals surface area contributed by atoms with Gasteiger partial charge in [-0.1, -0.05) is 37.3 Å². The Morgan fingerprint density at radius 3 is 2.31 bits per heavy atom. The highest BCUT2D eigenvalue weighted by atomic mass is 16.6. The highest BCUT2D eigenvalue weighted by Gasteiger charge is 2.22. The average Bonchev–Trinajstić information content (AvgIpc) is 3.01. The Bertz CT molecular complexity index is 944. The first-order valence-electron chi connectivity index (χ1n) is 8.25. The lowest BCUT2D eigenvalue weighted by Gasteiger charge is -2.09. The number of carboxylic acid groups (broad SMARTS) is 1. The Morgan fingerprint density at radius 1 is 1.12 bits per heavy atom. The molecule has 0 aliphatic carbocycles. The number of hydrogen-bond acceptors (Lipinski definition) is 3. The van der Waals surface area contributed by atoms with Gasteiger partial charge in [-0.2, -0.15) is 0 Å². The molecule has 1 N–H and O–H groups in total. The first kappa shape index (κ1) is 17.4. The number of nitro groups is 1. The molecule has 0 fully saturated rings. The fraction of sp³-hybridized carbons (Fsp3) is 0.150. The van der Waals surface area contributed by atoms with Crippen molar-refractivity contribution in [3.8, 4) is 11.1 Å². The van der Waals surface area contributed by atoms with Crippen molar-refractivity contribution >= 4 is 11.7 Å². The Labute approximate surface area is 150 Å². The van der Waals surface area contributed by atoms with Crippen LogP contribution in [0, 0.1) is 10.1 Å². The van der Waals surface area contributed by atoms with Crippen molar-refractivity contribution in [3.05, 3.63) is 87.7 Å². The lowest BCUT2D eigenvalue weighted by Crippen LogP contribution is -2.10. The van der Waals surface area contributed by atoms with Crippen LogP contribution in [-0.4, -0.2) is 20.6 Å². The van der Waals surface area contributed by atoms with Gasteiger partial charge in [-0.3, -0.25) is 10.1 Å². The van der Waals surface area contributed by atoms with E-state index in [9.17, 15) is 20.0 Å². The van der Waals surface area contributed by atoms with Crippen LogP contribution in [0.4, 0.5) is 5.69 Å². The minimum atomic E-state index is -1.02. The van der Waals surface area contributed by atoms with Gasteiger partial charge < -0.3 is 9.67 Å². The smallest absolute Gasteiger partial charge is 0.353 e. The number of carbonyl (C=O) groups is 1. The van der Waals surface area contributed by atoms with Gasteiger partial charge in [-0.15, -0.1) is 0 Å². The van der Waals surface area contributed by atoms with E-state index in [-0.39, 0.29) is 11.4 Å². The highest BCUT2D eigenvalue weighted by molar-refractivity contribution is 5.96. The van der Waals surface area contributed by atoms with E-state index in [4.69, 9.17) is 0 Å². The number of carboxylic acids is 1. The van der Waals surface area contributed by atoms with Crippen LogP contribution in [0.3, 0.4) is 0 Å². The van der Waals surface area contributed by atoms with Crippen LogP contribution in [0.15, 0.2) is 60.8 Å². The Kier molecular flexibility index (Phi) is 4.84. The first-order valence-corrected chi connectivity index (χ1v) is 8.25. The van der Waals surface area contributed by atoms with Gasteiger partial charge in [0.05, 0.1) is 4.92 Å². The van der Waals surface area contributed by atoms with Crippen LogP contribution in [0.5, 0.6) is 0 Å². The van der Waals surface area contributed by atoms with E-state index in [1.165, 1.54) is 12.1 Å². The van der Waals surface area contributed by atoms with Gasteiger partial charge >= 0.3 is 5.97 Å². The Hall–Kier alpha value is -3.41. The summed E-state index contributed by atoms with van der Waals surface area (Å²) in [7, 11) is 0. The van der Waals surface area contributed by atoms with E-state index in [2.05, 4.69) is 0 Å². The van der Waals surface area contributed by atoms with Crippen LogP contribution in [-0.2, 0) is 13.0 Å². The monoisotopic (exact) mass is 350 g/mol. The maximum Gasteiger partial charge on any atom is 0.353 e. The highest BCUT2D eigenvalue weighted by Crippen LogP contribution is 2.32. The maximum atomic E-state index is 12.0. The number of hydrogen-bond donors (Lipinski definition) is 1. The summed E-state index contributed by atoms with van der Waals surface area (Å²) < 4.78 is 1.73. The summed E-state index contributed by atoms with van der Waals surface area (Å²) in [5.41, 5.74) is 3.35. The van der Waals surface area contributed by atoms with Crippen molar-refractivity contribution < 1.29 is 14.8 Å². The van der Waals surface area contributed by atoms with Gasteiger partial charge in [-0.25, -0.2) is 4.79 Å². The normalized spacial score (nSPS) is 10.7. The summed E-state index contributed by atoms with van der Waals surface area (Å²) in [5, 5.41) is 20.7. The van der Waals surface area contributed by atoms with Crippen LogP contribution in [0.25, 0.3) is 11.1 Å². The van der Waals surface area contributed by atoms with Crippen molar-refractivity contribution in [2.24, 2.45) is 0 Å². The van der Waals surface area contributed by atoms with E-state index in [0.29, 0.717) is 24.1 Å². The zero-order valence-corrected chi connectivity index (χ0v) is 14.3. The standard InChI is InChI=1S/C20H18N2O4/c1-2-15-13-21(12-14-6-4-3-5-7-14)19(20(23)24)18(15)16-8-10-17(11-9-16)22(25)26/h3-11,13H,2,12H2,1H3,(H,23,24). The molecule has 0 spiro atoms. The number of rotatable bonds is 6. The number of nitro benzene ring substituents is 1. The van der Waals surface area contributed by atoms with Crippen molar-refractivity contribution in [1.29, 1.82) is 0 Å². The molecular formula is C20H18N2O4. The van der Waals surface area contributed by atoms with Crippen molar-refractivity contribution in [3.63, 3.8) is 0 Å². The number of aromatic carboxylic acids is 1. The molecule has 1 heterocycles. The zero-order valence-electron chi connectivity index (χ0n) is 14.3. The van der Waals surface area contributed by atoms with Gasteiger partial charge in [0, 0.05) is 30.4 Å². The minimum Gasteiger partial charge on any atom is -0.477 e. The molecule has 1 aromatic heterocycles. The number of non-ortho nitro benzene ring substituents is 1. The molecule has 6 heteroatoms. The fourth-order valence-electron chi connectivity index (χ4n) is 3.09. The van der Waals surface area contributed by atoms with E-state index in [0.717, 1.165) is 11.1 Å². The minimum absolute atomic E-state index is 0.0209. The quantitative estimate of drug-likeness (QED) is 0.528. The molecule has 0 radical (unpaired) electrons. The van der Waals surface area contributed by atoms with Gasteiger partial charge in [0.2, 0.25) is 0 Å². The second kappa shape index (κ2) is 7.23. The maximum absolute atomic E-state index is 12.0. The molecule has 26 heavy (non-hydrogen) atoms. The summed E-state index contributed by atoms with van der Waals surface area (Å²) in [6.07, 6.45) is 2.52. The molecule has 0 aliphatic heterocycles. The van der Waals surface area contributed by atoms with Crippen molar-refractivity contribution in [2.75, 3.05) is 0 Å². The van der Waals surface area contributed by atoms with E-state index in [1.54, 1.807) is 16.7 Å². The van der Waals surface area contributed by atoms with E-state index in [1.807, 2.05) is 43.5 Å². The number of benzene rings is 2. The molecule has 0 unspecified atom stereocenters. The summed E-state index contributed by atoms with van der Waals surface area (Å²) in [4.78, 5) is 22.4. The number of nitrogens with zero attached hydrogens (tertiary/aromatic N) is 2. The lowest BCUT2D eigenvalue weighted by molar-refractivity contribution is -0.384. The predicted octanol–water partition coefficient (Wildman–Crippen LogP) is 4.37. The Balaban J connectivity index is 2.11. The molecule has 0 amide bonds. The second-order valence-electron chi connectivity index (χ2n) is 5.95. The number of aromatic nitrogens is 1. The van der Waals surface area contributed by atoms with Gasteiger partial charge in [0.15, 0.2) is 0 Å². The van der Waals surface area contributed by atoms with Crippen LogP contribution < -0.4 is 0 Å². The molecule has 132 valence electrons. The Morgan fingerprint density at radius 2 is 1.77 bits per heavy atom. The van der Waals surface area contributed by atoms with Crippen molar-refractivity contribution in [1.82, 2.24) is 4.57 Å². The molecule has 0 saturated heterocycles. The van der Waals surface area contributed by atoms with Gasteiger partial charge in [-0.05, 0) is 35.2 Å². The molecule has 2 aromatic carbocycles. The molecule has 6 nitrogen and oxygen atoms in total. The molecule has 0 saturated carbocycles. The zero-order chi connectivity index (χ0) is 18.7. The van der Waals surface area contributed by atoms with E-state index >= 15 is 0 Å². The molecule has 0 bridgehead atoms. The third-order valence-electron chi connectivity index (χ3n) is 4.30. The topological polar surface area (TPSA) is 85.4 Å². The lowest BCUT2D eigenvalue weighted by atomic mass is 10.00. The van der Waals surface area contributed by atoms with Gasteiger partial charge in [0.1, 0.15) is 5.69 Å². The van der Waals surface area contributed by atoms with Crippen molar-refractivity contribution in [2.45, 2.75) is 19.9 Å². The largest absolute Gasteiger partial charge is 0.477 e. The summed E-state index contributed by atoms with van der Waals surface area (Å²) >= 11 is 0. The van der Waals surface area contributed by atoms with Gasteiger partial charge in [0.25, 0.3) is 5.69 Å². The average molecular weight is 350 g/mol. The fourth-order valence-corrected chi connectivity index (χ4v) is 3.09. The molecular weight excluding hydrogens is 332 g/mol. The first-order chi connectivity index (χ1) is 12.5. The molecule has 0 atom stereocenters. The third-order valence-corrected chi connectivity index (χ3v) is 4.30. The van der Waals surface area contributed by atoms with E-state index < -0.39 is 10.9 Å². The summed E-state index contributed by atoms with van der Waals surface area (Å²) in [5.74, 6) is -1.02. The molecule has 0 aliphatic rings. The van der Waals surface area contributed by atoms with Crippen LogP contribution in [0.2, 0.25) is 0 Å². The summed E-state index contributed by atoms with van der Waals surface area (Å²) in [6.45, 7) is 2.41. The third kappa shape index (κ3) is 3.35. The second-order valence-corrected chi connectivity index (χ2v) is 5.95. The summed E-state index contributed by atoms with van der Waals surface area (Å²) in [6, 6.07) is 15.6. The molecule has 3 aromatic rings. The SMILES string of the molecule is CCc1cn(Cc2ccccc2)c(C(=O)O)c1-c1ccc([N+](=O)[O-])cc1. The van der Waals surface area contributed by atoms with Crippen LogP contribution >= 0.6 is 0 Å². The molecule has 3 rings (SSSR count).